The summed E-state index contributed by atoms with van der Waals surface area (Å²) in [5.41, 5.74) is 0. The Morgan fingerprint density at radius 1 is 1.00 bits per heavy atom. The van der Waals surface area contributed by atoms with Crippen LogP contribution in [0.5, 0.6) is 0 Å². The second-order valence-corrected chi connectivity index (χ2v) is 5.45. The van der Waals surface area contributed by atoms with Crippen LogP contribution in [-0.4, -0.2) is 63.9 Å². The minimum Gasteiger partial charge on any atom is -0.372 e. The van der Waals surface area contributed by atoms with Gasteiger partial charge in [0.2, 0.25) is 0 Å². The van der Waals surface area contributed by atoms with Gasteiger partial charge in [0.1, 0.15) is 24.4 Å². The Labute approximate surface area is 127 Å². The normalized spacial score (nSPS) is 40.0. The van der Waals surface area contributed by atoms with Gasteiger partial charge in [-0.05, 0) is 19.8 Å². The first-order valence-corrected chi connectivity index (χ1v) is 7.89. The van der Waals surface area contributed by atoms with Crippen molar-refractivity contribution in [3.8, 4) is 0 Å². The van der Waals surface area contributed by atoms with Crippen LogP contribution in [0.25, 0.3) is 0 Å². The molecule has 0 radical (unpaired) electrons. The van der Waals surface area contributed by atoms with E-state index in [9.17, 15) is 0 Å². The van der Waals surface area contributed by atoms with Crippen LogP contribution in [0, 0.1) is 0 Å². The molecule has 0 amide bonds. The van der Waals surface area contributed by atoms with Gasteiger partial charge in [0.05, 0.1) is 6.61 Å². The topological polar surface area (TPSA) is 55.4 Å². The predicted molar refractivity (Wildman–Crippen MR) is 76.0 cm³/mol. The summed E-state index contributed by atoms with van der Waals surface area (Å²) in [4.78, 5) is 0. The highest BCUT2D eigenvalue weighted by Gasteiger charge is 2.50. The third-order valence-corrected chi connectivity index (χ3v) is 3.70. The Morgan fingerprint density at radius 3 is 2.29 bits per heavy atom. The molecule has 2 saturated heterocycles. The van der Waals surface area contributed by atoms with E-state index in [1.165, 1.54) is 0 Å². The van der Waals surface area contributed by atoms with Crippen molar-refractivity contribution in [3.05, 3.63) is 0 Å². The monoisotopic (exact) mass is 304 g/mol. The van der Waals surface area contributed by atoms with E-state index in [4.69, 9.17) is 28.4 Å². The molecule has 3 unspecified atom stereocenters. The van der Waals surface area contributed by atoms with Crippen LogP contribution in [0.1, 0.15) is 33.6 Å². The second-order valence-electron chi connectivity index (χ2n) is 5.45. The van der Waals surface area contributed by atoms with E-state index in [0.29, 0.717) is 19.8 Å². The fraction of sp³-hybridized carbons (Fsp3) is 1.00. The lowest BCUT2D eigenvalue weighted by Crippen LogP contribution is -2.64. The van der Waals surface area contributed by atoms with E-state index in [2.05, 4.69) is 13.8 Å². The van der Waals surface area contributed by atoms with Crippen molar-refractivity contribution in [2.24, 2.45) is 0 Å². The Morgan fingerprint density at radius 2 is 1.67 bits per heavy atom. The summed E-state index contributed by atoms with van der Waals surface area (Å²) in [6, 6.07) is 0. The summed E-state index contributed by atoms with van der Waals surface area (Å²) in [6.07, 6.45) is 0.303. The van der Waals surface area contributed by atoms with E-state index < -0.39 is 6.29 Å². The minimum absolute atomic E-state index is 0.186. The first kappa shape index (κ1) is 17.1. The van der Waals surface area contributed by atoms with Crippen LogP contribution in [-0.2, 0) is 28.4 Å². The fourth-order valence-electron chi connectivity index (χ4n) is 2.73. The van der Waals surface area contributed by atoms with Gasteiger partial charge in [-0.1, -0.05) is 13.8 Å². The Bertz CT molecular complexity index is 300. The second kappa shape index (κ2) is 8.41. The van der Waals surface area contributed by atoms with Gasteiger partial charge in [0.25, 0.3) is 0 Å². The summed E-state index contributed by atoms with van der Waals surface area (Å²) in [5, 5.41) is 0. The summed E-state index contributed by atoms with van der Waals surface area (Å²) in [7, 11) is 1.62. The lowest BCUT2D eigenvalue weighted by atomic mass is 9.97. The minimum atomic E-state index is -0.458. The number of hydrogen-bond acceptors (Lipinski definition) is 6. The van der Waals surface area contributed by atoms with Gasteiger partial charge >= 0.3 is 0 Å². The number of ether oxygens (including phenoxy) is 6. The van der Waals surface area contributed by atoms with Crippen LogP contribution in [0.2, 0.25) is 0 Å². The summed E-state index contributed by atoms with van der Waals surface area (Å²) < 4.78 is 34.7. The molecular weight excluding hydrogens is 276 g/mol. The summed E-state index contributed by atoms with van der Waals surface area (Å²) in [6.45, 7) is 7.83. The largest absolute Gasteiger partial charge is 0.372 e. The lowest BCUT2D eigenvalue weighted by molar-refractivity contribution is -0.362. The first-order valence-electron chi connectivity index (χ1n) is 7.89. The van der Waals surface area contributed by atoms with Crippen molar-refractivity contribution in [1.29, 1.82) is 0 Å². The zero-order chi connectivity index (χ0) is 15.2. The molecule has 0 bridgehead atoms. The molecule has 0 aromatic heterocycles. The maximum Gasteiger partial charge on any atom is 0.186 e. The van der Waals surface area contributed by atoms with Gasteiger partial charge in [-0.3, -0.25) is 0 Å². The van der Waals surface area contributed by atoms with E-state index in [0.717, 1.165) is 12.8 Å². The average Bonchev–Trinajstić information content (AvgIpc) is 2.50. The Hall–Kier alpha value is -0.240. The summed E-state index contributed by atoms with van der Waals surface area (Å²) in [5.74, 6) is 0. The summed E-state index contributed by atoms with van der Waals surface area (Å²) >= 11 is 0. The third-order valence-electron chi connectivity index (χ3n) is 3.70. The van der Waals surface area contributed by atoms with Crippen LogP contribution < -0.4 is 0 Å². The molecule has 0 aliphatic carbocycles. The highest BCUT2D eigenvalue weighted by molar-refractivity contribution is 4.94. The molecule has 0 aromatic carbocycles. The molecule has 124 valence electrons. The van der Waals surface area contributed by atoms with Crippen molar-refractivity contribution in [2.75, 3.05) is 26.9 Å². The molecule has 21 heavy (non-hydrogen) atoms. The molecule has 6 nitrogen and oxygen atoms in total. The van der Waals surface area contributed by atoms with Crippen LogP contribution in [0.3, 0.4) is 0 Å². The van der Waals surface area contributed by atoms with Gasteiger partial charge in [0, 0.05) is 20.3 Å². The van der Waals surface area contributed by atoms with Crippen molar-refractivity contribution in [1.82, 2.24) is 0 Å². The number of fused-ring (bicyclic) bond motifs is 1. The molecule has 6 atom stereocenters. The van der Waals surface area contributed by atoms with Gasteiger partial charge in [-0.15, -0.1) is 0 Å². The molecule has 2 aliphatic rings. The Kier molecular flexibility index (Phi) is 6.85. The molecular formula is C15H28O6. The van der Waals surface area contributed by atoms with Gasteiger partial charge < -0.3 is 28.4 Å². The standard InChI is InChI=1S/C15H28O6/c1-5-7-17-13-12-11(9-19-10(3)20-12)21-15(16-4)14(13)18-8-6-2/h10-15H,5-9H2,1-4H3/t10?,11?,12-,13+,14?,15+/m1/s1. The van der Waals surface area contributed by atoms with E-state index >= 15 is 0 Å². The molecule has 2 fully saturated rings. The van der Waals surface area contributed by atoms with Crippen LogP contribution >= 0.6 is 0 Å². The molecule has 0 spiro atoms. The van der Waals surface area contributed by atoms with Gasteiger partial charge in [-0.2, -0.15) is 0 Å². The maximum atomic E-state index is 6.03. The number of hydrogen-bond donors (Lipinski definition) is 0. The zero-order valence-corrected chi connectivity index (χ0v) is 13.4. The number of rotatable bonds is 7. The van der Waals surface area contributed by atoms with Crippen molar-refractivity contribution in [2.45, 2.75) is 70.6 Å². The molecule has 0 saturated carbocycles. The Balaban J connectivity index is 2.12. The number of methoxy groups -OCH3 is 1. The molecule has 0 aromatic rings. The van der Waals surface area contributed by atoms with Gasteiger partial charge in [0.15, 0.2) is 12.6 Å². The molecule has 6 heteroatoms. The van der Waals surface area contributed by atoms with Gasteiger partial charge in [-0.25, -0.2) is 0 Å². The van der Waals surface area contributed by atoms with Crippen LogP contribution in [0.15, 0.2) is 0 Å². The van der Waals surface area contributed by atoms with Crippen molar-refractivity contribution < 1.29 is 28.4 Å². The van der Waals surface area contributed by atoms with Crippen molar-refractivity contribution in [3.63, 3.8) is 0 Å². The SMILES string of the molecule is CCCOC1[C@@H](OC)OC2COC(C)O[C@H]2[C@@H]1OCCC. The smallest absolute Gasteiger partial charge is 0.186 e. The van der Waals surface area contributed by atoms with E-state index in [-0.39, 0.29) is 30.7 Å². The average molecular weight is 304 g/mol. The first-order chi connectivity index (χ1) is 10.2. The van der Waals surface area contributed by atoms with Crippen LogP contribution in [0.4, 0.5) is 0 Å². The molecule has 2 rings (SSSR count). The maximum absolute atomic E-state index is 6.03. The highest BCUT2D eigenvalue weighted by atomic mass is 16.8. The van der Waals surface area contributed by atoms with Crippen molar-refractivity contribution >= 4 is 0 Å². The molecule has 2 aliphatic heterocycles. The fourth-order valence-corrected chi connectivity index (χ4v) is 2.73. The van der Waals surface area contributed by atoms with E-state index in [1.807, 2.05) is 6.92 Å². The lowest BCUT2D eigenvalue weighted by Gasteiger charge is -2.48. The zero-order valence-electron chi connectivity index (χ0n) is 13.4. The quantitative estimate of drug-likeness (QED) is 0.714. The highest BCUT2D eigenvalue weighted by Crippen LogP contribution is 2.32. The predicted octanol–water partition coefficient (Wildman–Crippen LogP) is 1.71. The molecule has 2 heterocycles. The molecule has 0 N–H and O–H groups in total. The van der Waals surface area contributed by atoms with E-state index in [1.54, 1.807) is 7.11 Å². The third kappa shape index (κ3) is 4.15.